The number of pyridine rings is 1. The fourth-order valence-electron chi connectivity index (χ4n) is 1.21. The Balaban J connectivity index is 2.31. The monoisotopic (exact) mass is 265 g/mol. The fourth-order valence-corrected chi connectivity index (χ4v) is 2.07. The highest BCUT2D eigenvalue weighted by Crippen LogP contribution is 2.28. The quantitative estimate of drug-likeness (QED) is 0.857. The van der Waals surface area contributed by atoms with Crippen molar-refractivity contribution in [3.8, 4) is 0 Å². The largest absolute Gasteiger partial charge is 0.477 e. The first kappa shape index (κ1) is 12.4. The van der Waals surface area contributed by atoms with Crippen molar-refractivity contribution in [2.75, 3.05) is 0 Å². The fraction of sp³-hybridized carbons (Fsp3) is 0.0909. The number of hydrogen-bond donors (Lipinski definition) is 1. The lowest BCUT2D eigenvalue weighted by Gasteiger charge is -2.03. The summed E-state index contributed by atoms with van der Waals surface area (Å²) in [6, 6.07) is 2.96. The summed E-state index contributed by atoms with van der Waals surface area (Å²) in [6.07, 6.45) is 2.62. The third-order valence-corrected chi connectivity index (χ3v) is 3.06. The number of aromatic nitrogens is 3. The summed E-state index contributed by atoms with van der Waals surface area (Å²) < 4.78 is 13.7. The second-order valence-electron chi connectivity index (χ2n) is 3.36. The molecule has 0 fully saturated rings. The molecule has 0 aliphatic carbocycles. The first-order valence-electron chi connectivity index (χ1n) is 4.92. The highest BCUT2D eigenvalue weighted by molar-refractivity contribution is 7.99. The van der Waals surface area contributed by atoms with Gasteiger partial charge in [0.2, 0.25) is 0 Å². The van der Waals surface area contributed by atoms with Crippen LogP contribution in [0, 0.1) is 12.7 Å². The summed E-state index contributed by atoms with van der Waals surface area (Å²) in [5, 5.41) is 8.96. The molecule has 0 amide bonds. The molecule has 0 radical (unpaired) electrons. The number of carboxylic acids is 1. The molecule has 0 unspecified atom stereocenters. The van der Waals surface area contributed by atoms with Crippen LogP contribution in [0.2, 0.25) is 0 Å². The summed E-state index contributed by atoms with van der Waals surface area (Å²) in [7, 11) is 0. The number of aromatic carboxylic acids is 1. The SMILES string of the molecule is Cc1ncnc(Sc2ccnc(C(=O)O)c2)c1F. The first-order chi connectivity index (χ1) is 8.58. The van der Waals surface area contributed by atoms with E-state index in [-0.39, 0.29) is 16.4 Å². The molecule has 5 nitrogen and oxygen atoms in total. The predicted octanol–water partition coefficient (Wildman–Crippen LogP) is 2.17. The van der Waals surface area contributed by atoms with Crippen molar-refractivity contribution in [1.82, 2.24) is 15.0 Å². The zero-order valence-corrected chi connectivity index (χ0v) is 10.1. The molecule has 0 aromatic carbocycles. The molecule has 2 aromatic heterocycles. The Kier molecular flexibility index (Phi) is 3.52. The van der Waals surface area contributed by atoms with Crippen molar-refractivity contribution in [3.05, 3.63) is 41.9 Å². The Morgan fingerprint density at radius 3 is 2.89 bits per heavy atom. The van der Waals surface area contributed by atoms with Crippen molar-refractivity contribution in [2.45, 2.75) is 16.8 Å². The van der Waals surface area contributed by atoms with Gasteiger partial charge in [0.25, 0.3) is 0 Å². The normalized spacial score (nSPS) is 10.3. The Bertz CT molecular complexity index is 607. The van der Waals surface area contributed by atoms with Crippen molar-refractivity contribution < 1.29 is 14.3 Å². The zero-order chi connectivity index (χ0) is 13.1. The van der Waals surface area contributed by atoms with Crippen molar-refractivity contribution in [3.63, 3.8) is 0 Å². The van der Waals surface area contributed by atoms with Gasteiger partial charge in [-0.15, -0.1) is 0 Å². The van der Waals surface area contributed by atoms with E-state index in [0.29, 0.717) is 4.90 Å². The zero-order valence-electron chi connectivity index (χ0n) is 9.29. The molecule has 0 atom stereocenters. The number of carboxylic acid groups (broad SMARTS) is 1. The summed E-state index contributed by atoms with van der Waals surface area (Å²) in [5.41, 5.74) is 0.159. The van der Waals surface area contributed by atoms with Gasteiger partial charge in [0.05, 0.1) is 5.69 Å². The lowest BCUT2D eigenvalue weighted by Crippen LogP contribution is -1.99. The Labute approximate surface area is 106 Å². The average Bonchev–Trinajstić information content (AvgIpc) is 2.35. The number of nitrogens with zero attached hydrogens (tertiary/aromatic N) is 3. The number of rotatable bonds is 3. The van der Waals surface area contributed by atoms with E-state index >= 15 is 0 Å². The third kappa shape index (κ3) is 2.62. The minimum atomic E-state index is -1.13. The Morgan fingerprint density at radius 2 is 2.17 bits per heavy atom. The molecule has 18 heavy (non-hydrogen) atoms. The van der Waals surface area contributed by atoms with Crippen LogP contribution < -0.4 is 0 Å². The summed E-state index contributed by atoms with van der Waals surface area (Å²) >= 11 is 1.03. The summed E-state index contributed by atoms with van der Waals surface area (Å²) in [6.45, 7) is 1.54. The molecule has 2 heterocycles. The average molecular weight is 265 g/mol. The maximum Gasteiger partial charge on any atom is 0.354 e. The molecular weight excluding hydrogens is 257 g/mol. The van der Waals surface area contributed by atoms with Crippen LogP contribution in [0.4, 0.5) is 4.39 Å². The van der Waals surface area contributed by atoms with Gasteiger partial charge in [-0.05, 0) is 19.1 Å². The number of aryl methyl sites for hydroxylation is 1. The van der Waals surface area contributed by atoms with Gasteiger partial charge in [-0.2, -0.15) is 0 Å². The topological polar surface area (TPSA) is 76.0 Å². The highest BCUT2D eigenvalue weighted by atomic mass is 32.2. The molecule has 0 saturated heterocycles. The van der Waals surface area contributed by atoms with Gasteiger partial charge in [-0.3, -0.25) is 0 Å². The van der Waals surface area contributed by atoms with E-state index < -0.39 is 11.8 Å². The van der Waals surface area contributed by atoms with Crippen LogP contribution in [0.25, 0.3) is 0 Å². The maximum atomic E-state index is 13.7. The van der Waals surface area contributed by atoms with E-state index in [0.717, 1.165) is 11.8 Å². The van der Waals surface area contributed by atoms with Crippen LogP contribution in [0.1, 0.15) is 16.2 Å². The minimum Gasteiger partial charge on any atom is -0.477 e. The van der Waals surface area contributed by atoms with Crippen molar-refractivity contribution >= 4 is 17.7 Å². The molecule has 2 aromatic rings. The van der Waals surface area contributed by atoms with Crippen LogP contribution in [0.15, 0.2) is 34.6 Å². The number of carbonyl (C=O) groups is 1. The lowest BCUT2D eigenvalue weighted by molar-refractivity contribution is 0.0690. The van der Waals surface area contributed by atoms with Gasteiger partial charge in [-0.1, -0.05) is 11.8 Å². The molecule has 0 saturated carbocycles. The Hall–Kier alpha value is -2.02. The number of hydrogen-bond acceptors (Lipinski definition) is 5. The second kappa shape index (κ2) is 5.09. The molecule has 0 spiro atoms. The van der Waals surface area contributed by atoms with E-state index in [9.17, 15) is 9.18 Å². The van der Waals surface area contributed by atoms with Gasteiger partial charge in [-0.25, -0.2) is 24.1 Å². The van der Waals surface area contributed by atoms with E-state index in [1.54, 1.807) is 6.07 Å². The van der Waals surface area contributed by atoms with E-state index in [1.807, 2.05) is 0 Å². The standard InChI is InChI=1S/C11H8FN3O2S/c1-6-9(12)10(15-5-14-6)18-7-2-3-13-8(4-7)11(16)17/h2-5H,1H3,(H,16,17). The van der Waals surface area contributed by atoms with Gasteiger partial charge in [0.15, 0.2) is 5.82 Å². The van der Waals surface area contributed by atoms with Crippen LogP contribution in [-0.4, -0.2) is 26.0 Å². The number of halogens is 1. The molecule has 0 aliphatic heterocycles. The van der Waals surface area contributed by atoms with E-state index in [1.165, 1.54) is 25.5 Å². The van der Waals surface area contributed by atoms with Gasteiger partial charge in [0, 0.05) is 11.1 Å². The van der Waals surface area contributed by atoms with Crippen LogP contribution in [0.3, 0.4) is 0 Å². The van der Waals surface area contributed by atoms with Crippen LogP contribution in [-0.2, 0) is 0 Å². The Morgan fingerprint density at radius 1 is 1.39 bits per heavy atom. The van der Waals surface area contributed by atoms with Crippen LogP contribution in [0.5, 0.6) is 0 Å². The smallest absolute Gasteiger partial charge is 0.354 e. The first-order valence-corrected chi connectivity index (χ1v) is 5.74. The molecule has 7 heteroatoms. The lowest BCUT2D eigenvalue weighted by atomic mass is 10.3. The van der Waals surface area contributed by atoms with Gasteiger partial charge in [0.1, 0.15) is 17.0 Å². The molecule has 0 bridgehead atoms. The highest BCUT2D eigenvalue weighted by Gasteiger charge is 2.11. The molecule has 92 valence electrons. The molecule has 0 aliphatic rings. The molecule has 1 N–H and O–H groups in total. The molecular formula is C11H8FN3O2S. The van der Waals surface area contributed by atoms with Crippen LogP contribution >= 0.6 is 11.8 Å². The van der Waals surface area contributed by atoms with Crippen molar-refractivity contribution in [2.24, 2.45) is 0 Å². The van der Waals surface area contributed by atoms with E-state index in [2.05, 4.69) is 15.0 Å². The van der Waals surface area contributed by atoms with Gasteiger partial charge >= 0.3 is 5.97 Å². The molecule has 2 rings (SSSR count). The van der Waals surface area contributed by atoms with E-state index in [4.69, 9.17) is 5.11 Å². The second-order valence-corrected chi connectivity index (χ2v) is 4.42. The predicted molar refractivity (Wildman–Crippen MR) is 62.0 cm³/mol. The van der Waals surface area contributed by atoms with Crippen molar-refractivity contribution in [1.29, 1.82) is 0 Å². The third-order valence-electron chi connectivity index (χ3n) is 2.10. The van der Waals surface area contributed by atoms with Gasteiger partial charge < -0.3 is 5.11 Å². The summed E-state index contributed by atoms with van der Waals surface area (Å²) in [4.78, 5) is 22.5. The minimum absolute atomic E-state index is 0.0915. The summed E-state index contributed by atoms with van der Waals surface area (Å²) in [5.74, 6) is -1.63. The maximum absolute atomic E-state index is 13.7.